The van der Waals surface area contributed by atoms with Gasteiger partial charge in [0.05, 0.1) is 13.0 Å². The van der Waals surface area contributed by atoms with Crippen LogP contribution in [0.4, 0.5) is 0 Å². The first kappa shape index (κ1) is 14.4. The number of nitrogens with zero attached hydrogens (tertiary/aromatic N) is 1. The Morgan fingerprint density at radius 3 is 2.53 bits per heavy atom. The molecule has 4 nitrogen and oxygen atoms in total. The fraction of sp³-hybridized carbons (Fsp3) is 0.909. The summed E-state index contributed by atoms with van der Waals surface area (Å²) in [4.78, 5) is 13.3. The molecule has 0 aliphatic carbocycles. The third-order valence-corrected chi connectivity index (χ3v) is 2.24. The molecule has 0 saturated carbocycles. The van der Waals surface area contributed by atoms with Gasteiger partial charge < -0.3 is 14.7 Å². The quantitative estimate of drug-likeness (QED) is 0.617. The summed E-state index contributed by atoms with van der Waals surface area (Å²) in [7, 11) is 0. The maximum absolute atomic E-state index is 11.1. The van der Waals surface area contributed by atoms with Crippen molar-refractivity contribution in [2.24, 2.45) is 0 Å². The van der Waals surface area contributed by atoms with E-state index >= 15 is 0 Å². The van der Waals surface area contributed by atoms with Gasteiger partial charge in [-0.15, -0.1) is 0 Å². The summed E-state index contributed by atoms with van der Waals surface area (Å²) in [5.74, 6) is -0.146. The van der Waals surface area contributed by atoms with E-state index in [2.05, 4.69) is 18.7 Å². The van der Waals surface area contributed by atoms with Crippen LogP contribution in [0.25, 0.3) is 0 Å². The summed E-state index contributed by atoms with van der Waals surface area (Å²) in [6, 6.07) is 0.394. The van der Waals surface area contributed by atoms with Crippen molar-refractivity contribution in [1.29, 1.82) is 0 Å². The Labute approximate surface area is 92.2 Å². The molecule has 1 N–H and O–H groups in total. The summed E-state index contributed by atoms with van der Waals surface area (Å²) >= 11 is 0. The number of carbonyl (C=O) groups is 1. The van der Waals surface area contributed by atoms with Crippen molar-refractivity contribution in [3.8, 4) is 0 Å². The predicted molar refractivity (Wildman–Crippen MR) is 59.7 cm³/mol. The maximum atomic E-state index is 11.1. The molecule has 0 spiro atoms. The number of hydrogen-bond donors (Lipinski definition) is 1. The topological polar surface area (TPSA) is 49.8 Å². The molecule has 0 saturated heterocycles. The Morgan fingerprint density at radius 2 is 2.07 bits per heavy atom. The lowest BCUT2D eigenvalue weighted by Crippen LogP contribution is -2.34. The number of aliphatic hydroxyl groups excluding tert-OH is 1. The number of ether oxygens (including phenoxy) is 1. The first-order valence-corrected chi connectivity index (χ1v) is 5.62. The lowest BCUT2D eigenvalue weighted by molar-refractivity contribution is -0.143. The molecule has 0 atom stereocenters. The van der Waals surface area contributed by atoms with E-state index in [4.69, 9.17) is 9.84 Å². The van der Waals surface area contributed by atoms with Crippen LogP contribution in [0.5, 0.6) is 0 Å². The minimum absolute atomic E-state index is 0.146. The van der Waals surface area contributed by atoms with Gasteiger partial charge in [-0.25, -0.2) is 0 Å². The summed E-state index contributed by atoms with van der Waals surface area (Å²) in [6.07, 6.45) is 1.18. The van der Waals surface area contributed by atoms with E-state index < -0.39 is 0 Å². The van der Waals surface area contributed by atoms with Crippen LogP contribution in [0.15, 0.2) is 0 Å². The van der Waals surface area contributed by atoms with E-state index in [1.165, 1.54) is 0 Å². The van der Waals surface area contributed by atoms with Crippen molar-refractivity contribution >= 4 is 5.97 Å². The lowest BCUT2D eigenvalue weighted by Gasteiger charge is -2.25. The molecule has 0 aromatic heterocycles. The van der Waals surface area contributed by atoms with Crippen LogP contribution in [0, 0.1) is 0 Å². The maximum Gasteiger partial charge on any atom is 0.307 e. The Hall–Kier alpha value is -0.610. The van der Waals surface area contributed by atoms with Crippen molar-refractivity contribution in [2.75, 3.05) is 26.3 Å². The van der Waals surface area contributed by atoms with E-state index in [1.807, 2.05) is 6.92 Å². The molecule has 0 aliphatic rings. The van der Waals surface area contributed by atoms with Crippen LogP contribution in [-0.2, 0) is 9.53 Å². The fourth-order valence-corrected chi connectivity index (χ4v) is 1.37. The zero-order valence-corrected chi connectivity index (χ0v) is 10.0. The van der Waals surface area contributed by atoms with Gasteiger partial charge in [0.2, 0.25) is 0 Å². The van der Waals surface area contributed by atoms with Gasteiger partial charge in [0.1, 0.15) is 0 Å². The van der Waals surface area contributed by atoms with Crippen molar-refractivity contribution in [3.05, 3.63) is 0 Å². The zero-order valence-electron chi connectivity index (χ0n) is 10.0. The summed E-state index contributed by atoms with van der Waals surface area (Å²) in [5, 5.41) is 8.74. The Bertz CT molecular complexity index is 171. The molecular weight excluding hydrogens is 194 g/mol. The lowest BCUT2D eigenvalue weighted by atomic mass is 10.2. The number of aliphatic hydroxyl groups is 1. The molecule has 90 valence electrons. The number of hydrogen-bond acceptors (Lipinski definition) is 4. The SMILES string of the molecule is CCOC(=O)CCN(CCCO)C(C)C. The van der Waals surface area contributed by atoms with Crippen molar-refractivity contribution in [1.82, 2.24) is 4.90 Å². The molecule has 15 heavy (non-hydrogen) atoms. The van der Waals surface area contributed by atoms with Crippen LogP contribution in [0.2, 0.25) is 0 Å². The second-order valence-corrected chi connectivity index (χ2v) is 3.76. The second kappa shape index (κ2) is 8.68. The molecule has 4 heteroatoms. The van der Waals surface area contributed by atoms with Gasteiger partial charge in [0.15, 0.2) is 0 Å². The van der Waals surface area contributed by atoms with E-state index in [0.717, 1.165) is 13.0 Å². The number of carbonyl (C=O) groups excluding carboxylic acids is 1. The molecule has 0 radical (unpaired) electrons. The monoisotopic (exact) mass is 217 g/mol. The van der Waals surface area contributed by atoms with Gasteiger partial charge in [0, 0.05) is 25.7 Å². The minimum Gasteiger partial charge on any atom is -0.466 e. The molecule has 0 aromatic carbocycles. The molecule has 0 aliphatic heterocycles. The van der Waals surface area contributed by atoms with Crippen LogP contribution < -0.4 is 0 Å². The zero-order chi connectivity index (χ0) is 11.7. The smallest absolute Gasteiger partial charge is 0.307 e. The molecule has 0 fully saturated rings. The van der Waals surface area contributed by atoms with Gasteiger partial charge in [-0.05, 0) is 27.2 Å². The van der Waals surface area contributed by atoms with E-state index in [9.17, 15) is 4.79 Å². The van der Waals surface area contributed by atoms with Crippen LogP contribution in [0.3, 0.4) is 0 Å². The summed E-state index contributed by atoms with van der Waals surface area (Å²) in [5.41, 5.74) is 0. The minimum atomic E-state index is -0.146. The molecule has 0 heterocycles. The van der Waals surface area contributed by atoms with Gasteiger partial charge in [0.25, 0.3) is 0 Å². The molecule has 0 amide bonds. The van der Waals surface area contributed by atoms with Gasteiger partial charge in [-0.1, -0.05) is 0 Å². The van der Waals surface area contributed by atoms with Crippen LogP contribution >= 0.6 is 0 Å². The number of esters is 1. The Morgan fingerprint density at radius 1 is 1.40 bits per heavy atom. The van der Waals surface area contributed by atoms with Crippen molar-refractivity contribution in [2.45, 2.75) is 39.7 Å². The largest absolute Gasteiger partial charge is 0.466 e. The third-order valence-electron chi connectivity index (χ3n) is 2.24. The molecular formula is C11H23NO3. The highest BCUT2D eigenvalue weighted by Gasteiger charge is 2.11. The first-order chi connectivity index (χ1) is 7.11. The molecule has 0 aromatic rings. The van der Waals surface area contributed by atoms with E-state index in [-0.39, 0.29) is 12.6 Å². The summed E-state index contributed by atoms with van der Waals surface area (Å²) in [6.45, 7) is 8.15. The highest BCUT2D eigenvalue weighted by molar-refractivity contribution is 5.69. The molecule has 0 bridgehead atoms. The fourth-order valence-electron chi connectivity index (χ4n) is 1.37. The van der Waals surface area contributed by atoms with Crippen LogP contribution in [0.1, 0.15) is 33.6 Å². The highest BCUT2D eigenvalue weighted by Crippen LogP contribution is 2.01. The van der Waals surface area contributed by atoms with Crippen LogP contribution in [-0.4, -0.2) is 48.3 Å². The highest BCUT2D eigenvalue weighted by atomic mass is 16.5. The average molecular weight is 217 g/mol. The standard InChI is InChI=1S/C11H23NO3/c1-4-15-11(14)6-8-12(10(2)3)7-5-9-13/h10,13H,4-9H2,1-3H3. The second-order valence-electron chi connectivity index (χ2n) is 3.76. The predicted octanol–water partition coefficient (Wildman–Crippen LogP) is 1.03. The first-order valence-electron chi connectivity index (χ1n) is 5.62. The van der Waals surface area contributed by atoms with Gasteiger partial charge in [-0.3, -0.25) is 4.79 Å². The Kier molecular flexibility index (Phi) is 8.33. The average Bonchev–Trinajstić information content (AvgIpc) is 2.17. The molecule has 0 rings (SSSR count). The van der Waals surface area contributed by atoms with Crippen molar-refractivity contribution < 1.29 is 14.6 Å². The molecule has 0 unspecified atom stereocenters. The van der Waals surface area contributed by atoms with E-state index in [1.54, 1.807) is 0 Å². The van der Waals surface area contributed by atoms with E-state index in [0.29, 0.717) is 25.6 Å². The summed E-state index contributed by atoms with van der Waals surface area (Å²) < 4.78 is 4.86. The Balaban J connectivity index is 3.79. The third kappa shape index (κ3) is 7.33. The normalized spacial score (nSPS) is 11.1. The number of rotatable bonds is 8. The van der Waals surface area contributed by atoms with Gasteiger partial charge in [-0.2, -0.15) is 0 Å². The van der Waals surface area contributed by atoms with Gasteiger partial charge >= 0.3 is 5.97 Å². The van der Waals surface area contributed by atoms with Crippen molar-refractivity contribution in [3.63, 3.8) is 0 Å².